The van der Waals surface area contributed by atoms with Crippen molar-refractivity contribution in [1.29, 1.82) is 0 Å². The summed E-state index contributed by atoms with van der Waals surface area (Å²) in [6.07, 6.45) is 4.95. The van der Waals surface area contributed by atoms with E-state index in [1.807, 2.05) is 4.90 Å². The number of halogens is 1. The topological polar surface area (TPSA) is 45.6 Å². The minimum Gasteiger partial charge on any atom is -0.392 e. The average molecular weight is 252 g/mol. The molecule has 18 heavy (non-hydrogen) atoms. The predicted molar refractivity (Wildman–Crippen MR) is 64.8 cm³/mol. The van der Waals surface area contributed by atoms with Gasteiger partial charge in [-0.2, -0.15) is 0 Å². The molecule has 3 rings (SSSR count). The van der Waals surface area contributed by atoms with Crippen LogP contribution in [0.15, 0.2) is 12.3 Å². The number of fused-ring (bicyclic) bond motifs is 1. The fraction of sp³-hybridized carbons (Fsp3) is 0.615. The van der Waals surface area contributed by atoms with E-state index in [9.17, 15) is 4.39 Å². The first-order valence-electron chi connectivity index (χ1n) is 6.43. The molecule has 2 unspecified atom stereocenters. The number of rotatable bonds is 2. The van der Waals surface area contributed by atoms with Crippen LogP contribution in [0, 0.1) is 5.82 Å². The SMILES string of the molecule is OCc1ccnc(N2CCOC3CCCC32)c1F. The Morgan fingerprint density at radius 1 is 1.50 bits per heavy atom. The summed E-state index contributed by atoms with van der Waals surface area (Å²) in [6, 6.07) is 1.75. The van der Waals surface area contributed by atoms with Gasteiger partial charge in [-0.05, 0) is 25.3 Å². The Morgan fingerprint density at radius 2 is 2.39 bits per heavy atom. The quantitative estimate of drug-likeness (QED) is 0.865. The van der Waals surface area contributed by atoms with Crippen LogP contribution in [-0.2, 0) is 11.3 Å². The summed E-state index contributed by atoms with van der Waals surface area (Å²) in [4.78, 5) is 6.16. The summed E-state index contributed by atoms with van der Waals surface area (Å²) in [7, 11) is 0. The third-order valence-corrected chi connectivity index (χ3v) is 3.88. The van der Waals surface area contributed by atoms with Crippen molar-refractivity contribution < 1.29 is 14.2 Å². The standard InChI is InChI=1S/C13H17FN2O2/c14-12-9(8-17)4-5-15-13(12)16-6-7-18-11-3-1-2-10(11)16/h4-5,10-11,17H,1-3,6-8H2. The first-order valence-corrected chi connectivity index (χ1v) is 6.43. The Balaban J connectivity index is 1.93. The second-order valence-corrected chi connectivity index (χ2v) is 4.87. The summed E-state index contributed by atoms with van der Waals surface area (Å²) >= 11 is 0. The predicted octanol–water partition coefficient (Wildman–Crippen LogP) is 1.47. The lowest BCUT2D eigenvalue weighted by molar-refractivity contribution is 0.0250. The molecule has 1 aromatic heterocycles. The number of aliphatic hydroxyl groups excluding tert-OH is 1. The number of hydrogen-bond donors (Lipinski definition) is 1. The number of pyridine rings is 1. The molecular weight excluding hydrogens is 235 g/mol. The molecule has 2 heterocycles. The van der Waals surface area contributed by atoms with Gasteiger partial charge in [-0.25, -0.2) is 9.37 Å². The molecule has 1 aliphatic heterocycles. The number of aliphatic hydroxyl groups is 1. The van der Waals surface area contributed by atoms with Gasteiger partial charge in [-0.1, -0.05) is 0 Å². The van der Waals surface area contributed by atoms with Gasteiger partial charge in [0.1, 0.15) is 0 Å². The van der Waals surface area contributed by atoms with Crippen molar-refractivity contribution in [2.75, 3.05) is 18.1 Å². The van der Waals surface area contributed by atoms with Crippen molar-refractivity contribution in [3.05, 3.63) is 23.6 Å². The first-order chi connectivity index (χ1) is 8.81. The Morgan fingerprint density at radius 3 is 3.22 bits per heavy atom. The van der Waals surface area contributed by atoms with E-state index in [2.05, 4.69) is 4.98 Å². The lowest BCUT2D eigenvalue weighted by Crippen LogP contribution is -2.49. The number of hydrogen-bond acceptors (Lipinski definition) is 4. The first kappa shape index (κ1) is 11.9. The van der Waals surface area contributed by atoms with Crippen LogP contribution in [0.3, 0.4) is 0 Å². The molecular formula is C13H17FN2O2. The third-order valence-electron chi connectivity index (χ3n) is 3.88. The van der Waals surface area contributed by atoms with Crippen LogP contribution >= 0.6 is 0 Å². The number of nitrogens with zero attached hydrogens (tertiary/aromatic N) is 2. The van der Waals surface area contributed by atoms with Crippen molar-refractivity contribution in [3.63, 3.8) is 0 Å². The summed E-state index contributed by atoms with van der Waals surface area (Å²) in [5.74, 6) is -0.0331. The molecule has 0 aromatic carbocycles. The molecule has 5 heteroatoms. The van der Waals surface area contributed by atoms with Crippen molar-refractivity contribution in [2.24, 2.45) is 0 Å². The maximum absolute atomic E-state index is 14.2. The maximum Gasteiger partial charge on any atom is 0.171 e. The lowest BCUT2D eigenvalue weighted by atomic mass is 10.1. The summed E-state index contributed by atoms with van der Waals surface area (Å²) in [5.41, 5.74) is 0.307. The molecule has 1 aliphatic carbocycles. The molecule has 1 saturated carbocycles. The maximum atomic E-state index is 14.2. The van der Waals surface area contributed by atoms with E-state index in [1.165, 1.54) is 6.07 Å². The van der Waals surface area contributed by atoms with Crippen molar-refractivity contribution in [1.82, 2.24) is 4.98 Å². The second kappa shape index (κ2) is 4.82. The highest BCUT2D eigenvalue weighted by Crippen LogP contribution is 2.33. The molecule has 2 atom stereocenters. The lowest BCUT2D eigenvalue weighted by Gasteiger charge is -2.38. The van der Waals surface area contributed by atoms with Gasteiger partial charge in [0.05, 0.1) is 25.4 Å². The van der Waals surface area contributed by atoms with Crippen LogP contribution in [0.2, 0.25) is 0 Å². The number of aromatic nitrogens is 1. The zero-order valence-corrected chi connectivity index (χ0v) is 10.2. The van der Waals surface area contributed by atoms with Gasteiger partial charge >= 0.3 is 0 Å². The Bertz CT molecular complexity index is 441. The van der Waals surface area contributed by atoms with Gasteiger partial charge in [0, 0.05) is 18.3 Å². The number of anilines is 1. The Labute approximate surface area is 105 Å². The Hall–Kier alpha value is -1.20. The molecule has 0 spiro atoms. The molecule has 98 valence electrons. The molecule has 1 aromatic rings. The van der Waals surface area contributed by atoms with E-state index < -0.39 is 5.82 Å². The molecule has 0 bridgehead atoms. The summed E-state index contributed by atoms with van der Waals surface area (Å²) in [6.45, 7) is 0.991. The smallest absolute Gasteiger partial charge is 0.171 e. The fourth-order valence-electron chi connectivity index (χ4n) is 2.98. The van der Waals surface area contributed by atoms with Crippen molar-refractivity contribution in [3.8, 4) is 0 Å². The second-order valence-electron chi connectivity index (χ2n) is 4.87. The van der Waals surface area contributed by atoms with Gasteiger partial charge in [0.25, 0.3) is 0 Å². The minimum absolute atomic E-state index is 0.206. The van der Waals surface area contributed by atoms with Crippen LogP contribution in [0.5, 0.6) is 0 Å². The van der Waals surface area contributed by atoms with Crippen molar-refractivity contribution in [2.45, 2.75) is 38.0 Å². The number of morpholine rings is 1. The molecule has 2 fully saturated rings. The normalized spacial score (nSPS) is 27.3. The van der Waals surface area contributed by atoms with E-state index in [1.54, 1.807) is 6.20 Å². The highest BCUT2D eigenvalue weighted by Gasteiger charge is 2.37. The molecule has 0 radical (unpaired) electrons. The van der Waals surface area contributed by atoms with Gasteiger partial charge in [0.2, 0.25) is 0 Å². The van der Waals surface area contributed by atoms with Gasteiger partial charge in [0.15, 0.2) is 11.6 Å². The largest absolute Gasteiger partial charge is 0.392 e. The summed E-state index contributed by atoms with van der Waals surface area (Å²) in [5, 5.41) is 9.12. The van der Waals surface area contributed by atoms with Gasteiger partial charge in [-0.15, -0.1) is 0 Å². The van der Waals surface area contributed by atoms with Crippen LogP contribution in [0.25, 0.3) is 0 Å². The average Bonchev–Trinajstić information content (AvgIpc) is 2.87. The third kappa shape index (κ3) is 1.87. The van der Waals surface area contributed by atoms with E-state index in [-0.39, 0.29) is 18.8 Å². The van der Waals surface area contributed by atoms with E-state index >= 15 is 0 Å². The Kier molecular flexibility index (Phi) is 3.18. The fourth-order valence-corrected chi connectivity index (χ4v) is 2.98. The highest BCUT2D eigenvalue weighted by atomic mass is 19.1. The van der Waals surface area contributed by atoms with Gasteiger partial charge < -0.3 is 14.7 Å². The summed E-state index contributed by atoms with van der Waals surface area (Å²) < 4.78 is 19.9. The zero-order chi connectivity index (χ0) is 12.5. The van der Waals surface area contributed by atoms with Crippen molar-refractivity contribution >= 4 is 5.82 Å². The zero-order valence-electron chi connectivity index (χ0n) is 10.2. The van der Waals surface area contributed by atoms with E-state index in [4.69, 9.17) is 9.84 Å². The van der Waals surface area contributed by atoms with Crippen LogP contribution in [0.4, 0.5) is 10.2 Å². The monoisotopic (exact) mass is 252 g/mol. The molecule has 4 nitrogen and oxygen atoms in total. The van der Waals surface area contributed by atoms with E-state index in [0.717, 1.165) is 19.3 Å². The van der Waals surface area contributed by atoms with E-state index in [0.29, 0.717) is 24.5 Å². The highest BCUT2D eigenvalue weighted by molar-refractivity contribution is 5.45. The molecule has 0 amide bonds. The minimum atomic E-state index is -0.396. The molecule has 1 N–H and O–H groups in total. The van der Waals surface area contributed by atoms with Crippen LogP contribution in [-0.4, -0.2) is 35.4 Å². The van der Waals surface area contributed by atoms with Crippen LogP contribution in [0.1, 0.15) is 24.8 Å². The number of ether oxygens (including phenoxy) is 1. The van der Waals surface area contributed by atoms with Crippen LogP contribution < -0.4 is 4.90 Å². The van der Waals surface area contributed by atoms with Gasteiger partial charge in [-0.3, -0.25) is 0 Å². The molecule has 1 saturated heterocycles. The molecule has 2 aliphatic rings.